The van der Waals surface area contributed by atoms with Gasteiger partial charge in [-0.25, -0.2) is 8.78 Å². The number of para-hydroxylation sites is 2. The summed E-state index contributed by atoms with van der Waals surface area (Å²) in [5.41, 5.74) is 0.770. The largest absolute Gasteiger partial charge is 0.503 e. The molecule has 0 aromatic heterocycles. The van der Waals surface area contributed by atoms with Gasteiger partial charge in [0.15, 0.2) is 17.4 Å². The number of anilines is 1. The van der Waals surface area contributed by atoms with E-state index in [9.17, 15) is 13.6 Å². The molecule has 25 heavy (non-hydrogen) atoms. The second-order valence-electron chi connectivity index (χ2n) is 5.87. The predicted molar refractivity (Wildman–Crippen MR) is 89.1 cm³/mol. The van der Waals surface area contributed by atoms with Crippen molar-refractivity contribution in [3.8, 4) is 11.5 Å². The number of hydrogen-bond donors (Lipinski definition) is 2. The summed E-state index contributed by atoms with van der Waals surface area (Å²) in [7, 11) is 1.60. The molecule has 7 heteroatoms. The molecule has 5 nitrogen and oxygen atoms in total. The van der Waals surface area contributed by atoms with Crippen molar-refractivity contribution in [3.63, 3.8) is 0 Å². The molecule has 1 aliphatic heterocycles. The number of nitrogens with zero attached hydrogens (tertiary/aromatic N) is 1. The lowest BCUT2D eigenvalue weighted by Crippen LogP contribution is -2.37. The molecule has 1 atom stereocenters. The molecule has 2 aromatic carbocycles. The zero-order valence-electron chi connectivity index (χ0n) is 13.6. The van der Waals surface area contributed by atoms with E-state index in [-0.39, 0.29) is 11.6 Å². The van der Waals surface area contributed by atoms with Crippen LogP contribution >= 0.6 is 0 Å². The molecular weight excluding hydrogens is 330 g/mol. The van der Waals surface area contributed by atoms with Crippen LogP contribution in [0.25, 0.3) is 0 Å². The van der Waals surface area contributed by atoms with Gasteiger partial charge in [-0.3, -0.25) is 4.79 Å². The molecule has 1 heterocycles. The minimum Gasteiger partial charge on any atom is -0.503 e. The number of phenols is 1. The average molecular weight is 348 g/mol. The van der Waals surface area contributed by atoms with Crippen molar-refractivity contribution >= 4 is 11.6 Å². The average Bonchev–Trinajstić information content (AvgIpc) is 3.07. The molecule has 0 radical (unpaired) electrons. The topological polar surface area (TPSA) is 61.8 Å². The minimum atomic E-state index is -1.16. The molecule has 0 aliphatic carbocycles. The number of carbonyl (C=O) groups is 1. The number of amides is 1. The molecule has 1 fully saturated rings. The second kappa shape index (κ2) is 6.96. The Morgan fingerprint density at radius 1 is 1.28 bits per heavy atom. The van der Waals surface area contributed by atoms with E-state index in [0.29, 0.717) is 13.0 Å². The van der Waals surface area contributed by atoms with Gasteiger partial charge in [0.25, 0.3) is 5.91 Å². The number of phenolic OH excluding ortho intramolecular Hbond substituents is 1. The van der Waals surface area contributed by atoms with Gasteiger partial charge in [-0.05, 0) is 30.7 Å². The van der Waals surface area contributed by atoms with E-state index in [2.05, 4.69) is 10.2 Å². The normalized spacial score (nSPS) is 16.8. The Labute approximate surface area is 143 Å². The standard InChI is InChI=1S/C18H18F2N2O3/c1-25-16-5-3-2-4-15(16)22-7-6-12(10-22)21-18(24)11-8-13(19)17(23)14(20)9-11/h2-5,8-9,12,23H,6-7,10H2,1H3,(H,21,24). The maximum atomic E-state index is 13.4. The number of nitrogens with one attached hydrogen (secondary N) is 1. The van der Waals surface area contributed by atoms with Gasteiger partial charge in [0.2, 0.25) is 0 Å². The second-order valence-corrected chi connectivity index (χ2v) is 5.87. The van der Waals surface area contributed by atoms with E-state index in [1.165, 1.54) is 0 Å². The molecule has 1 unspecified atom stereocenters. The summed E-state index contributed by atoms with van der Waals surface area (Å²) in [5, 5.41) is 11.9. The molecule has 0 saturated carbocycles. The first kappa shape index (κ1) is 17.0. The highest BCUT2D eigenvalue weighted by atomic mass is 19.1. The summed E-state index contributed by atoms with van der Waals surface area (Å²) >= 11 is 0. The van der Waals surface area contributed by atoms with Crippen LogP contribution in [0.1, 0.15) is 16.8 Å². The first-order chi connectivity index (χ1) is 12.0. The zero-order chi connectivity index (χ0) is 18.0. The van der Waals surface area contributed by atoms with E-state index in [1.54, 1.807) is 7.11 Å². The smallest absolute Gasteiger partial charge is 0.251 e. The van der Waals surface area contributed by atoms with Crippen molar-refractivity contribution in [2.45, 2.75) is 12.5 Å². The summed E-state index contributed by atoms with van der Waals surface area (Å²) in [6, 6.07) is 9.08. The number of aromatic hydroxyl groups is 1. The van der Waals surface area contributed by atoms with Crippen LogP contribution in [-0.2, 0) is 0 Å². The third-order valence-corrected chi connectivity index (χ3v) is 4.23. The number of carbonyl (C=O) groups excluding carboxylic acids is 1. The highest BCUT2D eigenvalue weighted by Gasteiger charge is 2.26. The summed E-state index contributed by atoms with van der Waals surface area (Å²) < 4.78 is 32.1. The van der Waals surface area contributed by atoms with E-state index in [1.807, 2.05) is 24.3 Å². The Kier molecular flexibility index (Phi) is 4.74. The molecule has 1 amide bonds. The van der Waals surface area contributed by atoms with E-state index in [0.717, 1.165) is 30.1 Å². The highest BCUT2D eigenvalue weighted by molar-refractivity contribution is 5.94. The summed E-state index contributed by atoms with van der Waals surface area (Å²) in [5.74, 6) is -3.24. The number of ether oxygens (including phenoxy) is 1. The third-order valence-electron chi connectivity index (χ3n) is 4.23. The number of methoxy groups -OCH3 is 1. The summed E-state index contributed by atoms with van der Waals surface area (Å²) in [6.45, 7) is 1.29. The Morgan fingerprint density at radius 2 is 1.96 bits per heavy atom. The van der Waals surface area contributed by atoms with Gasteiger partial charge in [-0.15, -0.1) is 0 Å². The Bertz CT molecular complexity index is 775. The molecule has 2 N–H and O–H groups in total. The van der Waals surface area contributed by atoms with Gasteiger partial charge in [0.05, 0.1) is 12.8 Å². The van der Waals surface area contributed by atoms with Crippen LogP contribution in [0.5, 0.6) is 11.5 Å². The molecule has 1 saturated heterocycles. The Morgan fingerprint density at radius 3 is 2.64 bits per heavy atom. The number of rotatable bonds is 4. The van der Waals surface area contributed by atoms with Gasteiger partial charge in [0.1, 0.15) is 5.75 Å². The van der Waals surface area contributed by atoms with Crippen LogP contribution < -0.4 is 15.0 Å². The summed E-state index contributed by atoms with van der Waals surface area (Å²) in [6.07, 6.45) is 0.701. The first-order valence-electron chi connectivity index (χ1n) is 7.86. The highest BCUT2D eigenvalue weighted by Crippen LogP contribution is 2.30. The third kappa shape index (κ3) is 3.50. The van der Waals surface area contributed by atoms with Gasteiger partial charge < -0.3 is 20.1 Å². The Balaban J connectivity index is 1.68. The fourth-order valence-electron chi connectivity index (χ4n) is 2.95. The molecule has 2 aromatic rings. The van der Waals surface area contributed by atoms with E-state index >= 15 is 0 Å². The lowest BCUT2D eigenvalue weighted by Gasteiger charge is -2.21. The summed E-state index contributed by atoms with van der Waals surface area (Å²) in [4.78, 5) is 14.3. The number of hydrogen-bond acceptors (Lipinski definition) is 4. The van der Waals surface area contributed by atoms with Crippen LogP contribution in [0, 0.1) is 11.6 Å². The van der Waals surface area contributed by atoms with Crippen LogP contribution in [0.3, 0.4) is 0 Å². The molecule has 3 rings (SSSR count). The minimum absolute atomic E-state index is 0.155. The molecule has 1 aliphatic rings. The van der Waals surface area contributed by atoms with Crippen LogP contribution in [0.4, 0.5) is 14.5 Å². The molecule has 0 spiro atoms. The van der Waals surface area contributed by atoms with Crippen molar-refractivity contribution < 1.29 is 23.4 Å². The number of benzene rings is 2. The lowest BCUT2D eigenvalue weighted by molar-refractivity contribution is 0.0939. The van der Waals surface area contributed by atoms with Crippen molar-refractivity contribution in [2.24, 2.45) is 0 Å². The number of halogens is 2. The SMILES string of the molecule is COc1ccccc1N1CCC(NC(=O)c2cc(F)c(O)c(F)c2)C1. The van der Waals surface area contributed by atoms with Crippen molar-refractivity contribution in [1.29, 1.82) is 0 Å². The van der Waals surface area contributed by atoms with Crippen molar-refractivity contribution in [3.05, 3.63) is 53.6 Å². The van der Waals surface area contributed by atoms with Gasteiger partial charge in [-0.1, -0.05) is 12.1 Å². The van der Waals surface area contributed by atoms with Crippen molar-refractivity contribution in [2.75, 3.05) is 25.1 Å². The Hall–Kier alpha value is -2.83. The van der Waals surface area contributed by atoms with Crippen LogP contribution in [0.2, 0.25) is 0 Å². The fourth-order valence-corrected chi connectivity index (χ4v) is 2.95. The molecular formula is C18H18F2N2O3. The quantitative estimate of drug-likeness (QED) is 0.892. The van der Waals surface area contributed by atoms with Crippen LogP contribution in [0.15, 0.2) is 36.4 Å². The van der Waals surface area contributed by atoms with Gasteiger partial charge in [0, 0.05) is 24.7 Å². The molecule has 0 bridgehead atoms. The van der Waals surface area contributed by atoms with E-state index < -0.39 is 23.3 Å². The van der Waals surface area contributed by atoms with Crippen molar-refractivity contribution in [1.82, 2.24) is 5.32 Å². The maximum Gasteiger partial charge on any atom is 0.251 e. The lowest BCUT2D eigenvalue weighted by atomic mass is 10.1. The predicted octanol–water partition coefficient (Wildman–Crippen LogP) is 2.69. The molecule has 132 valence electrons. The fraction of sp³-hybridized carbons (Fsp3) is 0.278. The van der Waals surface area contributed by atoms with Gasteiger partial charge in [-0.2, -0.15) is 0 Å². The monoisotopic (exact) mass is 348 g/mol. The van der Waals surface area contributed by atoms with E-state index in [4.69, 9.17) is 9.84 Å². The first-order valence-corrected chi connectivity index (χ1v) is 7.86. The van der Waals surface area contributed by atoms with Crippen LogP contribution in [-0.4, -0.2) is 37.3 Å². The maximum absolute atomic E-state index is 13.4. The van der Waals surface area contributed by atoms with Gasteiger partial charge >= 0.3 is 0 Å². The zero-order valence-corrected chi connectivity index (χ0v) is 13.6.